The topological polar surface area (TPSA) is 81.4 Å². The van der Waals surface area contributed by atoms with Gasteiger partial charge in [-0.25, -0.2) is 9.59 Å². The molecule has 0 aromatic rings. The van der Waals surface area contributed by atoms with Crippen LogP contribution in [0.1, 0.15) is 0 Å². The van der Waals surface area contributed by atoms with Crippen LogP contribution in [0.4, 0.5) is 9.59 Å². The zero-order valence-corrected chi connectivity index (χ0v) is 5.53. The Morgan fingerprint density at radius 3 is 2.56 bits per heavy atom. The van der Waals surface area contributed by atoms with Crippen LogP contribution in [-0.4, -0.2) is 18.4 Å². The van der Waals surface area contributed by atoms with E-state index in [-0.39, 0.29) is 0 Å². The van der Waals surface area contributed by atoms with Crippen LogP contribution in [0.2, 0.25) is 0 Å². The van der Waals surface area contributed by atoms with E-state index in [1.54, 1.807) is 0 Å². The molecular formula is C3H6N2O3S. The fourth-order valence-electron chi connectivity index (χ4n) is 0.134. The average Bonchev–Trinajstić information content (AvgIpc) is 1.83. The largest absolute Gasteiger partial charge is 0.460 e. The van der Waals surface area contributed by atoms with Crippen LogP contribution in [0.3, 0.4) is 0 Å². The van der Waals surface area contributed by atoms with Crippen LogP contribution in [0.15, 0.2) is 0 Å². The molecule has 0 radical (unpaired) electrons. The Labute approximate surface area is 56.1 Å². The molecule has 3 N–H and O–H groups in total. The third-order valence-electron chi connectivity index (χ3n) is 0.402. The van der Waals surface area contributed by atoms with Crippen molar-refractivity contribution in [1.82, 2.24) is 4.72 Å². The number of nitrogens with two attached hydrogens (primary N) is 1. The summed E-state index contributed by atoms with van der Waals surface area (Å²) in [6, 6.07) is -0.773. The van der Waals surface area contributed by atoms with Gasteiger partial charge in [-0.1, -0.05) is 0 Å². The molecule has 9 heavy (non-hydrogen) atoms. The molecule has 0 bridgehead atoms. The van der Waals surface area contributed by atoms with Crippen LogP contribution in [0, 0.1) is 0 Å². The molecule has 2 amide bonds. The number of hydrogen-bond acceptors (Lipinski definition) is 4. The van der Waals surface area contributed by atoms with Crippen molar-refractivity contribution in [2.24, 2.45) is 5.73 Å². The van der Waals surface area contributed by atoms with Crippen LogP contribution >= 0.6 is 11.9 Å². The summed E-state index contributed by atoms with van der Waals surface area (Å²) in [7, 11) is 1.21. The summed E-state index contributed by atoms with van der Waals surface area (Å²) in [5.74, 6) is 0. The number of carbonyl (C=O) groups is 2. The van der Waals surface area contributed by atoms with Gasteiger partial charge in [0.2, 0.25) is 0 Å². The summed E-state index contributed by atoms with van der Waals surface area (Å²) in [6.07, 6.45) is 0. The zero-order valence-electron chi connectivity index (χ0n) is 4.71. The number of primary amides is 1. The first kappa shape index (κ1) is 8.09. The highest BCUT2D eigenvalue weighted by Crippen LogP contribution is 1.95. The minimum Gasteiger partial charge on any atom is -0.460 e. The van der Waals surface area contributed by atoms with Crippen molar-refractivity contribution < 1.29 is 14.3 Å². The van der Waals surface area contributed by atoms with Gasteiger partial charge in [-0.15, -0.1) is 0 Å². The van der Waals surface area contributed by atoms with Gasteiger partial charge in [0.1, 0.15) is 0 Å². The lowest BCUT2D eigenvalue weighted by molar-refractivity contribution is 0.200. The molecule has 0 aliphatic carbocycles. The predicted molar refractivity (Wildman–Crippen MR) is 32.7 cm³/mol. The van der Waals surface area contributed by atoms with Crippen molar-refractivity contribution in [2.45, 2.75) is 0 Å². The van der Waals surface area contributed by atoms with Crippen molar-refractivity contribution in [3.8, 4) is 0 Å². The molecule has 0 heterocycles. The highest BCUT2D eigenvalue weighted by Gasteiger charge is 2.00. The molecule has 5 nitrogen and oxygen atoms in total. The molecule has 0 spiro atoms. The normalized spacial score (nSPS) is 8.11. The molecule has 0 fully saturated rings. The molecule has 0 saturated heterocycles. The molecule has 0 unspecified atom stereocenters. The minimum absolute atomic E-state index is 0.499. The molecule has 0 rings (SSSR count). The van der Waals surface area contributed by atoms with Crippen LogP contribution in [0.5, 0.6) is 0 Å². The molecule has 52 valence electrons. The van der Waals surface area contributed by atoms with Crippen molar-refractivity contribution in [1.29, 1.82) is 0 Å². The zero-order chi connectivity index (χ0) is 7.28. The van der Waals surface area contributed by atoms with Crippen molar-refractivity contribution >= 4 is 23.3 Å². The van der Waals surface area contributed by atoms with E-state index in [0.29, 0.717) is 11.9 Å². The van der Waals surface area contributed by atoms with Gasteiger partial charge in [0.25, 0.3) is 0 Å². The third kappa shape index (κ3) is 4.95. The molecule has 0 aliphatic rings. The van der Waals surface area contributed by atoms with E-state index in [4.69, 9.17) is 0 Å². The lowest BCUT2D eigenvalue weighted by Crippen LogP contribution is -2.24. The quantitative estimate of drug-likeness (QED) is 0.378. The van der Waals surface area contributed by atoms with Crippen molar-refractivity contribution in [2.75, 3.05) is 7.11 Å². The van der Waals surface area contributed by atoms with Crippen LogP contribution in [0.25, 0.3) is 0 Å². The van der Waals surface area contributed by atoms with Gasteiger partial charge in [0.15, 0.2) is 0 Å². The second-order valence-electron chi connectivity index (χ2n) is 1.02. The third-order valence-corrected chi connectivity index (χ3v) is 1.04. The van der Waals surface area contributed by atoms with Gasteiger partial charge in [0.05, 0.1) is 19.1 Å². The number of amides is 2. The molecule has 0 aromatic carbocycles. The van der Waals surface area contributed by atoms with Gasteiger partial charge in [-0.05, 0) is 0 Å². The van der Waals surface area contributed by atoms with Crippen molar-refractivity contribution in [3.63, 3.8) is 0 Å². The number of ether oxygens (including phenoxy) is 1. The van der Waals surface area contributed by atoms with E-state index < -0.39 is 11.3 Å². The fourth-order valence-corrected chi connectivity index (χ4v) is 0.401. The maximum absolute atomic E-state index is 10.2. The maximum Gasteiger partial charge on any atom is 0.387 e. The lowest BCUT2D eigenvalue weighted by Gasteiger charge is -1.95. The summed E-state index contributed by atoms with van der Waals surface area (Å²) in [6.45, 7) is 0. The Morgan fingerprint density at radius 2 is 2.22 bits per heavy atom. The van der Waals surface area contributed by atoms with E-state index in [1.165, 1.54) is 7.11 Å². The van der Waals surface area contributed by atoms with Crippen LogP contribution in [-0.2, 0) is 4.74 Å². The highest BCUT2D eigenvalue weighted by molar-refractivity contribution is 8.12. The number of rotatable bonds is 0. The van der Waals surface area contributed by atoms with E-state index in [0.717, 1.165) is 0 Å². The number of hydrogen-bond donors (Lipinski definition) is 2. The standard InChI is InChI=1S/C3H6N2O3S/c1-8-3(7)9-5-2(4)6/h1H3,(H3,4,5,6). The molecule has 0 aliphatic heterocycles. The van der Waals surface area contributed by atoms with Gasteiger partial charge < -0.3 is 10.5 Å². The summed E-state index contributed by atoms with van der Waals surface area (Å²) in [5, 5.41) is -0.603. The first-order valence-electron chi connectivity index (χ1n) is 1.97. The molecular weight excluding hydrogens is 144 g/mol. The number of nitrogens with one attached hydrogen (secondary N) is 1. The Bertz CT molecular complexity index is 126. The number of carbonyl (C=O) groups excluding carboxylic acids is 2. The number of methoxy groups -OCH3 is 1. The molecule has 0 saturated carbocycles. The maximum atomic E-state index is 10.2. The van der Waals surface area contributed by atoms with Gasteiger partial charge in [0, 0.05) is 0 Å². The van der Waals surface area contributed by atoms with Crippen molar-refractivity contribution in [3.05, 3.63) is 0 Å². The molecule has 0 aromatic heterocycles. The Balaban J connectivity index is 3.28. The average molecular weight is 150 g/mol. The Morgan fingerprint density at radius 1 is 1.67 bits per heavy atom. The second-order valence-corrected chi connectivity index (χ2v) is 1.76. The van der Waals surface area contributed by atoms with Gasteiger partial charge in [-0.2, -0.15) is 0 Å². The van der Waals surface area contributed by atoms with E-state index in [2.05, 4.69) is 10.5 Å². The Hall–Kier alpha value is -0.910. The fraction of sp³-hybridized carbons (Fsp3) is 0.333. The molecule has 0 atom stereocenters. The van der Waals surface area contributed by atoms with Crippen LogP contribution < -0.4 is 10.5 Å². The summed E-state index contributed by atoms with van der Waals surface area (Å²) in [4.78, 5) is 20.1. The number of urea groups is 1. The van der Waals surface area contributed by atoms with E-state index >= 15 is 0 Å². The minimum atomic E-state index is -0.773. The van der Waals surface area contributed by atoms with E-state index in [1.807, 2.05) is 4.72 Å². The first-order valence-corrected chi connectivity index (χ1v) is 2.78. The highest BCUT2D eigenvalue weighted by atomic mass is 32.2. The molecule has 6 heteroatoms. The monoisotopic (exact) mass is 150 g/mol. The SMILES string of the molecule is COC(=O)SNC(N)=O. The Kier molecular flexibility index (Phi) is 3.61. The predicted octanol–water partition coefficient (Wildman–Crippen LogP) is 0.0693. The summed E-state index contributed by atoms with van der Waals surface area (Å²) in [5.41, 5.74) is 4.62. The smallest absolute Gasteiger partial charge is 0.387 e. The van der Waals surface area contributed by atoms with Gasteiger partial charge >= 0.3 is 11.3 Å². The second kappa shape index (κ2) is 4.02. The summed E-state index contributed by atoms with van der Waals surface area (Å²) >= 11 is 0.499. The lowest BCUT2D eigenvalue weighted by atomic mass is 11.2. The first-order chi connectivity index (χ1) is 4.16. The summed E-state index contributed by atoms with van der Waals surface area (Å²) < 4.78 is 6.13. The van der Waals surface area contributed by atoms with E-state index in [9.17, 15) is 9.59 Å². The van der Waals surface area contributed by atoms with Gasteiger partial charge in [-0.3, -0.25) is 4.72 Å².